The molecule has 29 heavy (non-hydrogen) atoms. The van der Waals surface area contributed by atoms with Crippen LogP contribution < -0.4 is 10.6 Å². The molecule has 2 aliphatic heterocycles. The molecule has 3 rings (SSSR count). The molecule has 8 heteroatoms. The van der Waals surface area contributed by atoms with Crippen LogP contribution in [0.15, 0.2) is 35.3 Å². The highest BCUT2D eigenvalue weighted by molar-refractivity contribution is 7.88. The Labute approximate surface area is 175 Å². The van der Waals surface area contributed by atoms with Gasteiger partial charge < -0.3 is 10.6 Å². The lowest BCUT2D eigenvalue weighted by Crippen LogP contribution is -2.47. The maximum absolute atomic E-state index is 11.6. The van der Waals surface area contributed by atoms with Gasteiger partial charge in [0, 0.05) is 51.9 Å². The van der Waals surface area contributed by atoms with E-state index in [-0.39, 0.29) is 0 Å². The molecule has 1 aromatic rings. The summed E-state index contributed by atoms with van der Waals surface area (Å²) in [5, 5.41) is 7.03. The molecule has 0 saturated carbocycles. The summed E-state index contributed by atoms with van der Waals surface area (Å²) < 4.78 is 24.9. The second-order valence-corrected chi connectivity index (χ2v) is 10.4. The number of aliphatic imine (C=N–C) groups is 1. The molecule has 2 N–H and O–H groups in total. The number of rotatable bonds is 6. The van der Waals surface area contributed by atoms with Crippen LogP contribution in [-0.4, -0.2) is 75.1 Å². The van der Waals surface area contributed by atoms with Crippen molar-refractivity contribution in [2.75, 3.05) is 39.5 Å². The molecule has 2 fully saturated rings. The quantitative estimate of drug-likeness (QED) is 0.538. The van der Waals surface area contributed by atoms with Crippen LogP contribution in [0.2, 0.25) is 0 Å². The van der Waals surface area contributed by atoms with Crippen molar-refractivity contribution < 1.29 is 8.42 Å². The van der Waals surface area contributed by atoms with Crippen LogP contribution in [0.25, 0.3) is 0 Å². The van der Waals surface area contributed by atoms with E-state index in [9.17, 15) is 8.42 Å². The van der Waals surface area contributed by atoms with E-state index in [4.69, 9.17) is 0 Å². The number of sulfonamides is 1. The van der Waals surface area contributed by atoms with Gasteiger partial charge in [-0.15, -0.1) is 0 Å². The normalized spacial score (nSPS) is 25.3. The third kappa shape index (κ3) is 6.42. The fourth-order valence-electron chi connectivity index (χ4n) is 4.32. The molecule has 0 amide bonds. The van der Waals surface area contributed by atoms with E-state index in [2.05, 4.69) is 57.8 Å². The van der Waals surface area contributed by atoms with Gasteiger partial charge in [0.05, 0.1) is 6.26 Å². The zero-order valence-corrected chi connectivity index (χ0v) is 18.7. The highest BCUT2D eigenvalue weighted by Gasteiger charge is 2.30. The van der Waals surface area contributed by atoms with Gasteiger partial charge in [-0.2, -0.15) is 0 Å². The van der Waals surface area contributed by atoms with Crippen LogP contribution in [0, 0.1) is 5.92 Å². The molecule has 0 bridgehead atoms. The molecule has 0 spiro atoms. The maximum Gasteiger partial charge on any atom is 0.211 e. The van der Waals surface area contributed by atoms with Gasteiger partial charge >= 0.3 is 0 Å². The first kappa shape index (κ1) is 22.1. The molecular weight excluding hydrogens is 386 g/mol. The number of nitrogens with zero attached hydrogens (tertiary/aromatic N) is 3. The van der Waals surface area contributed by atoms with E-state index in [1.807, 2.05) is 7.05 Å². The van der Waals surface area contributed by atoms with Gasteiger partial charge in [0.2, 0.25) is 10.0 Å². The highest BCUT2D eigenvalue weighted by Crippen LogP contribution is 2.21. The molecule has 7 nitrogen and oxygen atoms in total. The zero-order valence-electron chi connectivity index (χ0n) is 17.8. The van der Waals surface area contributed by atoms with Crippen molar-refractivity contribution in [2.45, 2.75) is 44.8 Å². The molecule has 0 radical (unpaired) electrons. The molecule has 2 atom stereocenters. The average molecular weight is 422 g/mol. The second-order valence-electron chi connectivity index (χ2n) is 8.40. The number of benzene rings is 1. The largest absolute Gasteiger partial charge is 0.356 e. The van der Waals surface area contributed by atoms with Crippen molar-refractivity contribution in [1.29, 1.82) is 0 Å². The van der Waals surface area contributed by atoms with Crippen LogP contribution in [0.4, 0.5) is 0 Å². The maximum atomic E-state index is 11.6. The summed E-state index contributed by atoms with van der Waals surface area (Å²) in [4.78, 5) is 6.91. The van der Waals surface area contributed by atoms with Gasteiger partial charge in [0.1, 0.15) is 0 Å². The summed E-state index contributed by atoms with van der Waals surface area (Å²) in [5.41, 5.74) is 1.35. The molecule has 0 aromatic heterocycles. The van der Waals surface area contributed by atoms with Crippen LogP contribution in [0.3, 0.4) is 0 Å². The first-order valence-corrected chi connectivity index (χ1v) is 12.4. The van der Waals surface area contributed by atoms with Gasteiger partial charge in [-0.3, -0.25) is 9.89 Å². The van der Waals surface area contributed by atoms with Gasteiger partial charge in [0.15, 0.2) is 5.96 Å². The number of nitrogens with one attached hydrogen (secondary N) is 2. The van der Waals surface area contributed by atoms with Gasteiger partial charge in [-0.05, 0) is 37.7 Å². The van der Waals surface area contributed by atoms with Crippen LogP contribution >= 0.6 is 0 Å². The van der Waals surface area contributed by atoms with Crippen molar-refractivity contribution in [3.63, 3.8) is 0 Å². The van der Waals surface area contributed by atoms with E-state index in [1.165, 1.54) is 11.8 Å². The van der Waals surface area contributed by atoms with E-state index in [1.54, 1.807) is 4.31 Å². The summed E-state index contributed by atoms with van der Waals surface area (Å²) >= 11 is 0. The standard InChI is InChI=1S/C21H35N5O2S/c1-17-13-20(16-25(17)15-19-7-5-4-6-8-19)24-21(22-2)23-14-18-9-11-26(12-10-18)29(3,27)28/h4-8,17-18,20H,9-16H2,1-3H3,(H2,22,23,24). The monoisotopic (exact) mass is 421 g/mol. The Morgan fingerprint density at radius 3 is 2.52 bits per heavy atom. The predicted octanol–water partition coefficient (Wildman–Crippen LogP) is 1.49. The Bertz CT molecular complexity index is 776. The molecule has 1 aromatic carbocycles. The number of guanidine groups is 1. The van der Waals surface area contributed by atoms with Gasteiger partial charge in [-0.1, -0.05) is 30.3 Å². The van der Waals surface area contributed by atoms with E-state index < -0.39 is 10.0 Å². The Kier molecular flexibility index (Phi) is 7.54. The number of likely N-dealkylation sites (tertiary alicyclic amines) is 1. The summed E-state index contributed by atoms with van der Waals surface area (Å²) in [7, 11) is -1.25. The van der Waals surface area contributed by atoms with Crippen molar-refractivity contribution in [3.05, 3.63) is 35.9 Å². The van der Waals surface area contributed by atoms with E-state index in [0.717, 1.165) is 44.9 Å². The summed E-state index contributed by atoms with van der Waals surface area (Å²) in [6.07, 6.45) is 4.17. The lowest BCUT2D eigenvalue weighted by atomic mass is 9.98. The average Bonchev–Trinajstić information content (AvgIpc) is 3.04. The van der Waals surface area contributed by atoms with Crippen LogP contribution in [0.1, 0.15) is 31.7 Å². The minimum atomic E-state index is -3.06. The fourth-order valence-corrected chi connectivity index (χ4v) is 5.19. The molecule has 162 valence electrons. The molecule has 0 aliphatic carbocycles. The first-order chi connectivity index (χ1) is 13.8. The highest BCUT2D eigenvalue weighted by atomic mass is 32.2. The Balaban J connectivity index is 1.42. The lowest BCUT2D eigenvalue weighted by Gasteiger charge is -2.30. The lowest BCUT2D eigenvalue weighted by molar-refractivity contribution is 0.258. The fraction of sp³-hybridized carbons (Fsp3) is 0.667. The molecule has 2 aliphatic rings. The Morgan fingerprint density at radius 1 is 1.21 bits per heavy atom. The summed E-state index contributed by atoms with van der Waals surface area (Å²) in [6, 6.07) is 11.5. The SMILES string of the molecule is CN=C(NCC1CCN(S(C)(=O)=O)CC1)NC1CC(C)N(Cc2ccccc2)C1. The first-order valence-electron chi connectivity index (χ1n) is 10.6. The number of hydrogen-bond acceptors (Lipinski definition) is 4. The number of hydrogen-bond donors (Lipinski definition) is 2. The van der Waals surface area contributed by atoms with Gasteiger partial charge in [-0.25, -0.2) is 12.7 Å². The predicted molar refractivity (Wildman–Crippen MR) is 118 cm³/mol. The van der Waals surface area contributed by atoms with Crippen LogP contribution in [-0.2, 0) is 16.6 Å². The smallest absolute Gasteiger partial charge is 0.211 e. The second kappa shape index (κ2) is 9.91. The topological polar surface area (TPSA) is 77.0 Å². The summed E-state index contributed by atoms with van der Waals surface area (Å²) in [6.45, 7) is 6.33. The van der Waals surface area contributed by atoms with E-state index in [0.29, 0.717) is 31.1 Å². The third-order valence-corrected chi connectivity index (χ3v) is 7.40. The van der Waals surface area contributed by atoms with E-state index >= 15 is 0 Å². The minimum absolute atomic E-state index is 0.381. The van der Waals surface area contributed by atoms with Gasteiger partial charge in [0.25, 0.3) is 0 Å². The Morgan fingerprint density at radius 2 is 1.90 bits per heavy atom. The number of piperidine rings is 1. The minimum Gasteiger partial charge on any atom is -0.356 e. The van der Waals surface area contributed by atoms with Crippen molar-refractivity contribution in [3.8, 4) is 0 Å². The van der Waals surface area contributed by atoms with Crippen molar-refractivity contribution >= 4 is 16.0 Å². The molecular formula is C21H35N5O2S. The van der Waals surface area contributed by atoms with Crippen molar-refractivity contribution in [2.24, 2.45) is 10.9 Å². The third-order valence-electron chi connectivity index (χ3n) is 6.10. The van der Waals surface area contributed by atoms with Crippen molar-refractivity contribution in [1.82, 2.24) is 19.8 Å². The summed E-state index contributed by atoms with van der Waals surface area (Å²) in [5.74, 6) is 1.32. The molecule has 2 unspecified atom stereocenters. The Hall–Kier alpha value is -1.64. The molecule has 2 heterocycles. The zero-order chi connectivity index (χ0) is 20.9. The van der Waals surface area contributed by atoms with Crippen LogP contribution in [0.5, 0.6) is 0 Å². The molecule has 2 saturated heterocycles.